The number of halogens is 2. The molecule has 22 heavy (non-hydrogen) atoms. The number of benzene rings is 1. The first-order chi connectivity index (χ1) is 10.6. The highest BCUT2D eigenvalue weighted by Gasteiger charge is 2.29. The van der Waals surface area contributed by atoms with Gasteiger partial charge in [0, 0.05) is 44.3 Å². The van der Waals surface area contributed by atoms with E-state index in [4.69, 9.17) is 11.6 Å². The Balaban J connectivity index is 1.52. The Labute approximate surface area is 133 Å². The van der Waals surface area contributed by atoms with Gasteiger partial charge in [0.2, 0.25) is 5.91 Å². The molecular formula is C14H19ClFN5O. The summed E-state index contributed by atoms with van der Waals surface area (Å²) in [6, 6.07) is 4.27. The Kier molecular flexibility index (Phi) is 4.90. The molecule has 8 heteroatoms. The standard InChI is InChI=1S/C14H19ClFN5O/c15-12-7-11(16)2-1-10(12)9-20-3-5-21(6-4-20)14(22)13-8-17-19-18-13/h1-2,7,13,17-19H,3-6,8-9H2. The van der Waals surface area contributed by atoms with Crippen LogP contribution in [0, 0.1) is 5.82 Å². The Hall–Kier alpha value is -1.25. The maximum absolute atomic E-state index is 13.1. The number of nitrogens with one attached hydrogen (secondary N) is 3. The van der Waals surface area contributed by atoms with Crippen molar-refractivity contribution in [2.75, 3.05) is 32.7 Å². The molecule has 2 aliphatic heterocycles. The summed E-state index contributed by atoms with van der Waals surface area (Å²) in [5.41, 5.74) is 9.43. The number of carbonyl (C=O) groups is 1. The molecule has 1 atom stereocenters. The van der Waals surface area contributed by atoms with Gasteiger partial charge in [-0.3, -0.25) is 9.69 Å². The van der Waals surface area contributed by atoms with Gasteiger partial charge in [-0.15, -0.1) is 0 Å². The van der Waals surface area contributed by atoms with Crippen molar-refractivity contribution in [1.82, 2.24) is 26.2 Å². The molecule has 0 spiro atoms. The summed E-state index contributed by atoms with van der Waals surface area (Å²) >= 11 is 6.06. The van der Waals surface area contributed by atoms with Gasteiger partial charge in [-0.1, -0.05) is 17.7 Å². The number of carbonyl (C=O) groups excluding carboxylic acids is 1. The molecule has 2 heterocycles. The Morgan fingerprint density at radius 3 is 2.73 bits per heavy atom. The molecule has 0 bridgehead atoms. The molecular weight excluding hydrogens is 309 g/mol. The van der Waals surface area contributed by atoms with Gasteiger partial charge in [-0.05, 0) is 17.7 Å². The second-order valence-electron chi connectivity index (χ2n) is 5.54. The van der Waals surface area contributed by atoms with Crippen molar-refractivity contribution in [2.24, 2.45) is 0 Å². The van der Waals surface area contributed by atoms with Gasteiger partial charge in [-0.25, -0.2) is 15.2 Å². The van der Waals surface area contributed by atoms with E-state index in [-0.39, 0.29) is 17.8 Å². The Morgan fingerprint density at radius 2 is 2.09 bits per heavy atom. The summed E-state index contributed by atoms with van der Waals surface area (Å²) in [7, 11) is 0. The molecule has 3 N–H and O–H groups in total. The lowest BCUT2D eigenvalue weighted by molar-refractivity contribution is -0.134. The van der Waals surface area contributed by atoms with Crippen LogP contribution in [0.5, 0.6) is 0 Å². The van der Waals surface area contributed by atoms with Gasteiger partial charge in [0.05, 0.1) is 0 Å². The fraction of sp³-hybridized carbons (Fsp3) is 0.500. The van der Waals surface area contributed by atoms with E-state index >= 15 is 0 Å². The fourth-order valence-corrected chi connectivity index (χ4v) is 2.96. The summed E-state index contributed by atoms with van der Waals surface area (Å²) in [6.45, 7) is 4.21. The van der Waals surface area contributed by atoms with E-state index in [1.54, 1.807) is 6.07 Å². The summed E-state index contributed by atoms with van der Waals surface area (Å²) in [5, 5.41) is 0.450. The number of rotatable bonds is 3. The van der Waals surface area contributed by atoms with Crippen LogP contribution in [0.2, 0.25) is 5.02 Å². The molecule has 2 aliphatic rings. The molecule has 1 aromatic rings. The van der Waals surface area contributed by atoms with E-state index in [1.165, 1.54) is 12.1 Å². The van der Waals surface area contributed by atoms with Gasteiger partial charge in [0.15, 0.2) is 0 Å². The minimum Gasteiger partial charge on any atom is -0.339 e. The van der Waals surface area contributed by atoms with Crippen LogP contribution in [0.25, 0.3) is 0 Å². The fourth-order valence-electron chi connectivity index (χ4n) is 2.73. The van der Waals surface area contributed by atoms with Crippen molar-refractivity contribution in [1.29, 1.82) is 0 Å². The molecule has 0 aromatic heterocycles. The summed E-state index contributed by atoms with van der Waals surface area (Å²) < 4.78 is 13.1. The van der Waals surface area contributed by atoms with Crippen molar-refractivity contribution in [3.63, 3.8) is 0 Å². The Bertz CT molecular complexity index is 544. The van der Waals surface area contributed by atoms with Crippen molar-refractivity contribution in [3.05, 3.63) is 34.6 Å². The number of hydrazine groups is 2. The first-order valence-electron chi connectivity index (χ1n) is 7.32. The smallest absolute Gasteiger partial charge is 0.242 e. The largest absolute Gasteiger partial charge is 0.339 e. The van der Waals surface area contributed by atoms with Crippen LogP contribution >= 0.6 is 11.6 Å². The van der Waals surface area contributed by atoms with Gasteiger partial charge >= 0.3 is 0 Å². The molecule has 0 aliphatic carbocycles. The first kappa shape index (κ1) is 15.6. The van der Waals surface area contributed by atoms with Gasteiger partial charge < -0.3 is 4.90 Å². The highest BCUT2D eigenvalue weighted by molar-refractivity contribution is 6.31. The van der Waals surface area contributed by atoms with Crippen LogP contribution in [0.3, 0.4) is 0 Å². The van der Waals surface area contributed by atoms with Crippen molar-refractivity contribution in [3.8, 4) is 0 Å². The minimum atomic E-state index is -0.324. The van der Waals surface area contributed by atoms with E-state index in [0.29, 0.717) is 31.2 Å². The zero-order chi connectivity index (χ0) is 15.5. The lowest BCUT2D eigenvalue weighted by Crippen LogP contribution is -2.54. The monoisotopic (exact) mass is 327 g/mol. The lowest BCUT2D eigenvalue weighted by atomic mass is 10.1. The number of piperazine rings is 1. The van der Waals surface area contributed by atoms with Crippen LogP contribution in [-0.2, 0) is 11.3 Å². The predicted molar refractivity (Wildman–Crippen MR) is 81.3 cm³/mol. The molecule has 1 unspecified atom stereocenters. The normalized spacial score (nSPS) is 23.0. The van der Waals surface area contributed by atoms with E-state index in [2.05, 4.69) is 21.3 Å². The average molecular weight is 328 g/mol. The number of amides is 1. The van der Waals surface area contributed by atoms with Crippen LogP contribution in [0.15, 0.2) is 18.2 Å². The molecule has 6 nitrogen and oxygen atoms in total. The Morgan fingerprint density at radius 1 is 1.32 bits per heavy atom. The molecule has 3 rings (SSSR count). The van der Waals surface area contributed by atoms with E-state index in [9.17, 15) is 9.18 Å². The molecule has 2 fully saturated rings. The second-order valence-corrected chi connectivity index (χ2v) is 5.95. The first-order valence-corrected chi connectivity index (χ1v) is 7.70. The summed E-state index contributed by atoms with van der Waals surface area (Å²) in [5.74, 6) is -0.215. The molecule has 120 valence electrons. The molecule has 0 radical (unpaired) electrons. The van der Waals surface area contributed by atoms with Crippen LogP contribution < -0.4 is 16.4 Å². The van der Waals surface area contributed by atoms with Gasteiger partial charge in [-0.2, -0.15) is 5.53 Å². The second kappa shape index (κ2) is 6.89. The van der Waals surface area contributed by atoms with E-state index in [1.807, 2.05) is 4.90 Å². The van der Waals surface area contributed by atoms with Gasteiger partial charge in [0.25, 0.3) is 0 Å². The van der Waals surface area contributed by atoms with Crippen LogP contribution in [-0.4, -0.2) is 54.5 Å². The molecule has 1 amide bonds. The maximum Gasteiger partial charge on any atom is 0.242 e. The average Bonchev–Trinajstić information content (AvgIpc) is 3.04. The number of hydrogen-bond donors (Lipinski definition) is 3. The summed E-state index contributed by atoms with van der Waals surface area (Å²) in [4.78, 5) is 16.4. The third-order valence-electron chi connectivity index (χ3n) is 4.03. The maximum atomic E-state index is 13.1. The van der Waals surface area contributed by atoms with E-state index < -0.39 is 0 Å². The van der Waals surface area contributed by atoms with Crippen molar-refractivity contribution < 1.29 is 9.18 Å². The third-order valence-corrected chi connectivity index (χ3v) is 4.38. The molecule has 1 aromatic carbocycles. The van der Waals surface area contributed by atoms with Crippen molar-refractivity contribution in [2.45, 2.75) is 12.6 Å². The third kappa shape index (κ3) is 3.56. The quantitative estimate of drug-likeness (QED) is 0.735. The SMILES string of the molecule is O=C(C1CNNN1)N1CCN(Cc2ccc(F)cc2Cl)CC1. The topological polar surface area (TPSA) is 59.6 Å². The minimum absolute atomic E-state index is 0.108. The molecule has 0 saturated carbocycles. The highest BCUT2D eigenvalue weighted by atomic mass is 35.5. The van der Waals surface area contributed by atoms with Crippen LogP contribution in [0.4, 0.5) is 4.39 Å². The van der Waals surface area contributed by atoms with Crippen LogP contribution in [0.1, 0.15) is 5.56 Å². The van der Waals surface area contributed by atoms with E-state index in [0.717, 1.165) is 18.7 Å². The number of hydrogen-bond acceptors (Lipinski definition) is 5. The highest BCUT2D eigenvalue weighted by Crippen LogP contribution is 2.19. The zero-order valence-corrected chi connectivity index (χ0v) is 12.9. The molecule has 2 saturated heterocycles. The summed E-state index contributed by atoms with van der Waals surface area (Å²) in [6.07, 6.45) is 0. The number of nitrogens with zero attached hydrogens (tertiary/aromatic N) is 2. The van der Waals surface area contributed by atoms with Crippen molar-refractivity contribution >= 4 is 17.5 Å². The van der Waals surface area contributed by atoms with Gasteiger partial charge in [0.1, 0.15) is 11.9 Å². The predicted octanol–water partition coefficient (Wildman–Crippen LogP) is 0.104. The lowest BCUT2D eigenvalue weighted by Gasteiger charge is -2.35. The zero-order valence-electron chi connectivity index (χ0n) is 12.1.